The third-order valence-electron chi connectivity index (χ3n) is 3.10. The first-order chi connectivity index (χ1) is 8.74. The summed E-state index contributed by atoms with van der Waals surface area (Å²) in [6.45, 7) is 0.634. The second kappa shape index (κ2) is 4.75. The summed E-state index contributed by atoms with van der Waals surface area (Å²) in [5.41, 5.74) is 1.32. The lowest BCUT2D eigenvalue weighted by Crippen LogP contribution is -2.15. The van der Waals surface area contributed by atoms with E-state index in [0.29, 0.717) is 23.2 Å². The van der Waals surface area contributed by atoms with Crippen molar-refractivity contribution in [2.45, 2.75) is 25.4 Å². The van der Waals surface area contributed by atoms with Gasteiger partial charge in [0.2, 0.25) is 0 Å². The molecule has 3 rings (SSSR count). The molecule has 94 valence electrons. The summed E-state index contributed by atoms with van der Waals surface area (Å²) in [5.74, 6) is 0.444. The molecule has 0 radical (unpaired) electrons. The predicted molar refractivity (Wildman–Crippen MR) is 69.0 cm³/mol. The highest BCUT2D eigenvalue weighted by Crippen LogP contribution is 2.30. The minimum Gasteiger partial charge on any atom is -0.467 e. The van der Waals surface area contributed by atoms with Crippen molar-refractivity contribution in [3.05, 3.63) is 47.1 Å². The zero-order valence-electron chi connectivity index (χ0n) is 9.75. The van der Waals surface area contributed by atoms with Gasteiger partial charge in [-0.15, -0.1) is 0 Å². The summed E-state index contributed by atoms with van der Waals surface area (Å²) < 4.78 is 19.3. The van der Waals surface area contributed by atoms with Gasteiger partial charge in [0.15, 0.2) is 0 Å². The lowest BCUT2D eigenvalue weighted by molar-refractivity contribution is 0.483. The molecule has 0 bridgehead atoms. The molecule has 0 saturated heterocycles. The van der Waals surface area contributed by atoms with Crippen LogP contribution in [-0.4, -0.2) is 6.04 Å². The standard InChI is InChI=1S/C14H13ClFNO/c15-9-1-4-11(13(16)7-9)12-5-6-18-14(12)8-17-10-2-3-10/h1,4-7,10,17H,2-3,8H2. The maximum atomic E-state index is 13.9. The lowest BCUT2D eigenvalue weighted by Gasteiger charge is -2.05. The van der Waals surface area contributed by atoms with Crippen molar-refractivity contribution in [3.8, 4) is 11.1 Å². The molecule has 0 unspecified atom stereocenters. The van der Waals surface area contributed by atoms with E-state index in [9.17, 15) is 4.39 Å². The van der Waals surface area contributed by atoms with E-state index in [1.54, 1.807) is 24.5 Å². The van der Waals surface area contributed by atoms with E-state index in [1.807, 2.05) is 0 Å². The first-order valence-electron chi connectivity index (χ1n) is 5.99. The van der Waals surface area contributed by atoms with Crippen molar-refractivity contribution >= 4 is 11.6 Å². The quantitative estimate of drug-likeness (QED) is 0.904. The predicted octanol–water partition coefficient (Wildman–Crippen LogP) is 3.99. The Hall–Kier alpha value is -1.32. The first kappa shape index (κ1) is 11.8. The van der Waals surface area contributed by atoms with Gasteiger partial charge in [0, 0.05) is 22.2 Å². The van der Waals surface area contributed by atoms with Crippen molar-refractivity contribution in [2.75, 3.05) is 0 Å². The van der Waals surface area contributed by atoms with Crippen molar-refractivity contribution in [1.82, 2.24) is 5.32 Å². The van der Waals surface area contributed by atoms with Gasteiger partial charge in [-0.1, -0.05) is 11.6 Å². The van der Waals surface area contributed by atoms with Crippen LogP contribution in [0.1, 0.15) is 18.6 Å². The highest BCUT2D eigenvalue weighted by molar-refractivity contribution is 6.30. The summed E-state index contributed by atoms with van der Waals surface area (Å²) in [7, 11) is 0. The molecular formula is C14H13ClFNO. The van der Waals surface area contributed by atoms with Gasteiger partial charge in [-0.05, 0) is 37.1 Å². The maximum absolute atomic E-state index is 13.9. The van der Waals surface area contributed by atoms with Gasteiger partial charge in [0.1, 0.15) is 11.6 Å². The van der Waals surface area contributed by atoms with Crippen molar-refractivity contribution in [2.24, 2.45) is 0 Å². The topological polar surface area (TPSA) is 25.2 Å². The fraction of sp³-hybridized carbons (Fsp3) is 0.286. The average Bonchev–Trinajstić information content (AvgIpc) is 3.06. The molecule has 0 aliphatic heterocycles. The van der Waals surface area contributed by atoms with E-state index in [2.05, 4.69) is 5.32 Å². The number of furan rings is 1. The largest absolute Gasteiger partial charge is 0.467 e. The molecule has 1 saturated carbocycles. The van der Waals surface area contributed by atoms with Gasteiger partial charge >= 0.3 is 0 Å². The summed E-state index contributed by atoms with van der Waals surface area (Å²) in [6.07, 6.45) is 4.02. The van der Waals surface area contributed by atoms with Crippen LogP contribution >= 0.6 is 11.6 Å². The molecule has 1 fully saturated rings. The van der Waals surface area contributed by atoms with E-state index >= 15 is 0 Å². The second-order valence-electron chi connectivity index (χ2n) is 4.54. The Bertz CT molecular complexity index is 563. The molecule has 18 heavy (non-hydrogen) atoms. The fourth-order valence-electron chi connectivity index (χ4n) is 1.95. The summed E-state index contributed by atoms with van der Waals surface area (Å²) in [6, 6.07) is 7.07. The van der Waals surface area contributed by atoms with Crippen LogP contribution in [0.5, 0.6) is 0 Å². The third kappa shape index (κ3) is 2.42. The van der Waals surface area contributed by atoms with Crippen molar-refractivity contribution < 1.29 is 8.81 Å². The Kier molecular flexibility index (Phi) is 3.10. The Labute approximate surface area is 110 Å². The lowest BCUT2D eigenvalue weighted by atomic mass is 10.1. The SMILES string of the molecule is Fc1cc(Cl)ccc1-c1ccoc1CNC1CC1. The van der Waals surface area contributed by atoms with Crippen LogP contribution in [-0.2, 0) is 6.54 Å². The third-order valence-corrected chi connectivity index (χ3v) is 3.33. The Balaban J connectivity index is 1.88. The maximum Gasteiger partial charge on any atom is 0.132 e. The van der Waals surface area contributed by atoms with Gasteiger partial charge in [0.25, 0.3) is 0 Å². The number of nitrogens with one attached hydrogen (secondary N) is 1. The monoisotopic (exact) mass is 265 g/mol. The van der Waals surface area contributed by atoms with Crippen molar-refractivity contribution in [1.29, 1.82) is 0 Å². The molecule has 2 nitrogen and oxygen atoms in total. The van der Waals surface area contributed by atoms with E-state index in [-0.39, 0.29) is 5.82 Å². The normalized spacial score (nSPS) is 15.0. The van der Waals surface area contributed by atoms with Crippen LogP contribution in [0.4, 0.5) is 4.39 Å². The van der Waals surface area contributed by atoms with Crippen LogP contribution < -0.4 is 5.32 Å². The van der Waals surface area contributed by atoms with Crippen LogP contribution in [0.2, 0.25) is 5.02 Å². The molecule has 0 amide bonds. The average molecular weight is 266 g/mol. The molecule has 1 aliphatic carbocycles. The van der Waals surface area contributed by atoms with E-state index in [4.69, 9.17) is 16.0 Å². The van der Waals surface area contributed by atoms with E-state index in [0.717, 1.165) is 11.3 Å². The fourth-order valence-corrected chi connectivity index (χ4v) is 2.11. The number of benzene rings is 1. The molecule has 1 heterocycles. The minimum absolute atomic E-state index is 0.323. The summed E-state index contributed by atoms with van der Waals surface area (Å²) in [5, 5.41) is 3.76. The number of hydrogen-bond acceptors (Lipinski definition) is 2. The Morgan fingerprint density at radius 3 is 2.83 bits per heavy atom. The zero-order valence-corrected chi connectivity index (χ0v) is 10.5. The molecule has 0 spiro atoms. The first-order valence-corrected chi connectivity index (χ1v) is 6.37. The molecule has 1 aliphatic rings. The Morgan fingerprint density at radius 2 is 2.11 bits per heavy atom. The highest BCUT2D eigenvalue weighted by atomic mass is 35.5. The van der Waals surface area contributed by atoms with Gasteiger partial charge in [-0.25, -0.2) is 4.39 Å². The minimum atomic E-state index is -0.323. The van der Waals surface area contributed by atoms with Gasteiger partial charge < -0.3 is 9.73 Å². The van der Waals surface area contributed by atoms with Crippen LogP contribution in [0, 0.1) is 5.82 Å². The van der Waals surface area contributed by atoms with Crippen LogP contribution in [0.25, 0.3) is 11.1 Å². The Morgan fingerprint density at radius 1 is 1.28 bits per heavy atom. The number of rotatable bonds is 4. The number of hydrogen-bond donors (Lipinski definition) is 1. The van der Waals surface area contributed by atoms with Gasteiger partial charge in [-0.2, -0.15) is 0 Å². The van der Waals surface area contributed by atoms with E-state index in [1.165, 1.54) is 18.9 Å². The van der Waals surface area contributed by atoms with Crippen LogP contribution in [0.15, 0.2) is 34.9 Å². The molecule has 2 aromatic rings. The summed E-state index contributed by atoms with van der Waals surface area (Å²) in [4.78, 5) is 0. The smallest absolute Gasteiger partial charge is 0.132 e. The molecule has 1 aromatic carbocycles. The summed E-state index contributed by atoms with van der Waals surface area (Å²) >= 11 is 5.75. The highest BCUT2D eigenvalue weighted by Gasteiger charge is 2.21. The van der Waals surface area contributed by atoms with Crippen LogP contribution in [0.3, 0.4) is 0 Å². The molecule has 1 aromatic heterocycles. The van der Waals surface area contributed by atoms with Crippen molar-refractivity contribution in [3.63, 3.8) is 0 Å². The van der Waals surface area contributed by atoms with Gasteiger partial charge in [0.05, 0.1) is 12.8 Å². The molecule has 4 heteroatoms. The van der Waals surface area contributed by atoms with Gasteiger partial charge in [-0.3, -0.25) is 0 Å². The molecular weight excluding hydrogens is 253 g/mol. The van der Waals surface area contributed by atoms with E-state index < -0.39 is 0 Å². The number of halogens is 2. The second-order valence-corrected chi connectivity index (χ2v) is 4.97. The molecule has 1 N–H and O–H groups in total. The zero-order chi connectivity index (χ0) is 12.5. The molecule has 0 atom stereocenters.